The Balaban J connectivity index is 2.90. The molecule has 0 saturated carbocycles. The van der Waals surface area contributed by atoms with E-state index in [1.165, 1.54) is 33.3 Å². The molecule has 2 nitrogen and oxygen atoms in total. The van der Waals surface area contributed by atoms with Crippen LogP contribution in [0.4, 0.5) is 0 Å². The molecule has 0 saturated heterocycles. The van der Waals surface area contributed by atoms with Crippen molar-refractivity contribution in [3.8, 4) is 0 Å². The van der Waals surface area contributed by atoms with Crippen molar-refractivity contribution in [3.63, 3.8) is 0 Å². The van der Waals surface area contributed by atoms with Crippen LogP contribution < -0.4 is 0 Å². The summed E-state index contributed by atoms with van der Waals surface area (Å²) in [5.41, 5.74) is 6.48. The molecule has 2 aromatic rings. The highest BCUT2D eigenvalue weighted by Crippen LogP contribution is 2.30. The second-order valence-corrected chi connectivity index (χ2v) is 4.51. The number of benzene rings is 1. The van der Waals surface area contributed by atoms with E-state index in [2.05, 4.69) is 44.4 Å². The topological polar surface area (TPSA) is 25.2 Å². The van der Waals surface area contributed by atoms with Gasteiger partial charge in [0.05, 0.1) is 12.1 Å². The van der Waals surface area contributed by atoms with Crippen LogP contribution in [0.2, 0.25) is 0 Å². The molecule has 2 heteroatoms. The predicted octanol–water partition coefficient (Wildman–Crippen LogP) is 2.87. The summed E-state index contributed by atoms with van der Waals surface area (Å²) in [6.07, 6.45) is 0. The number of rotatable bonds is 2. The Morgan fingerprint density at radius 2 is 1.69 bits per heavy atom. The summed E-state index contributed by atoms with van der Waals surface area (Å²) in [5.74, 6) is 0. The quantitative estimate of drug-likeness (QED) is 0.822. The lowest BCUT2D eigenvalue weighted by Crippen LogP contribution is -2.04. The maximum absolute atomic E-state index is 9.15. The van der Waals surface area contributed by atoms with Crippen LogP contribution in [0.1, 0.15) is 22.4 Å². The fraction of sp³-hybridized carbons (Fsp3) is 0.429. The number of fused-ring (bicyclic) bond motifs is 1. The molecule has 0 bridgehead atoms. The van der Waals surface area contributed by atoms with E-state index in [0.717, 1.165) is 0 Å². The Kier molecular flexibility index (Phi) is 2.76. The Morgan fingerprint density at radius 1 is 1.06 bits per heavy atom. The number of hydrogen-bond acceptors (Lipinski definition) is 1. The number of aryl methyl sites for hydroxylation is 3. The minimum atomic E-state index is 0.192. The summed E-state index contributed by atoms with van der Waals surface area (Å²) in [5, 5.41) is 10.5. The van der Waals surface area contributed by atoms with E-state index < -0.39 is 0 Å². The van der Waals surface area contributed by atoms with Crippen LogP contribution in [-0.4, -0.2) is 16.3 Å². The van der Waals surface area contributed by atoms with Gasteiger partial charge in [-0.15, -0.1) is 0 Å². The van der Waals surface area contributed by atoms with Gasteiger partial charge in [-0.1, -0.05) is 12.1 Å². The van der Waals surface area contributed by atoms with Crippen molar-refractivity contribution in [1.29, 1.82) is 0 Å². The Labute approximate surface area is 96.5 Å². The summed E-state index contributed by atoms with van der Waals surface area (Å²) in [4.78, 5) is 0. The van der Waals surface area contributed by atoms with Crippen LogP contribution in [0.3, 0.4) is 0 Å². The van der Waals surface area contributed by atoms with Gasteiger partial charge in [0, 0.05) is 17.6 Å². The van der Waals surface area contributed by atoms with Crippen LogP contribution in [-0.2, 0) is 6.54 Å². The van der Waals surface area contributed by atoms with Gasteiger partial charge in [-0.2, -0.15) is 0 Å². The van der Waals surface area contributed by atoms with Crippen molar-refractivity contribution >= 4 is 10.9 Å². The van der Waals surface area contributed by atoms with Gasteiger partial charge in [0.2, 0.25) is 0 Å². The van der Waals surface area contributed by atoms with E-state index in [1.54, 1.807) is 0 Å². The van der Waals surface area contributed by atoms with Crippen LogP contribution in [0.15, 0.2) is 12.1 Å². The van der Waals surface area contributed by atoms with Crippen molar-refractivity contribution in [3.05, 3.63) is 34.5 Å². The first kappa shape index (κ1) is 11.2. The molecular formula is C14H19NO. The molecule has 16 heavy (non-hydrogen) atoms. The Morgan fingerprint density at radius 3 is 2.31 bits per heavy atom. The second kappa shape index (κ2) is 3.95. The zero-order valence-electron chi connectivity index (χ0n) is 10.5. The first-order chi connectivity index (χ1) is 7.57. The molecule has 0 aliphatic carbocycles. The molecule has 1 heterocycles. The van der Waals surface area contributed by atoms with E-state index >= 15 is 0 Å². The minimum Gasteiger partial charge on any atom is -0.395 e. The fourth-order valence-electron chi connectivity index (χ4n) is 2.55. The van der Waals surface area contributed by atoms with Crippen LogP contribution in [0.25, 0.3) is 10.9 Å². The monoisotopic (exact) mass is 217 g/mol. The van der Waals surface area contributed by atoms with Crippen molar-refractivity contribution in [2.75, 3.05) is 6.61 Å². The van der Waals surface area contributed by atoms with Crippen molar-refractivity contribution in [2.45, 2.75) is 34.2 Å². The van der Waals surface area contributed by atoms with Gasteiger partial charge in [0.1, 0.15) is 0 Å². The zero-order valence-corrected chi connectivity index (χ0v) is 10.5. The highest BCUT2D eigenvalue weighted by Gasteiger charge is 2.13. The molecule has 0 aliphatic heterocycles. The fourth-order valence-corrected chi connectivity index (χ4v) is 2.55. The van der Waals surface area contributed by atoms with Gasteiger partial charge < -0.3 is 9.67 Å². The molecule has 0 radical (unpaired) electrons. The molecular weight excluding hydrogens is 198 g/mol. The highest BCUT2D eigenvalue weighted by molar-refractivity contribution is 5.90. The molecule has 2 rings (SSSR count). The third-order valence-corrected chi connectivity index (χ3v) is 3.50. The maximum atomic E-state index is 9.15. The van der Waals surface area contributed by atoms with Gasteiger partial charge in [0.25, 0.3) is 0 Å². The Hall–Kier alpha value is -1.28. The molecule has 0 unspecified atom stereocenters. The SMILES string of the molecule is Cc1ccc(C)c2c1c(C)c(C)n2CCO. The average Bonchev–Trinajstić information content (AvgIpc) is 2.50. The lowest BCUT2D eigenvalue weighted by Gasteiger charge is -2.08. The van der Waals surface area contributed by atoms with Gasteiger partial charge in [-0.05, 0) is 44.4 Å². The van der Waals surface area contributed by atoms with E-state index in [1.807, 2.05) is 0 Å². The number of aliphatic hydroxyl groups excluding tert-OH is 1. The maximum Gasteiger partial charge on any atom is 0.0610 e. The molecule has 0 atom stereocenters. The molecule has 1 N–H and O–H groups in total. The van der Waals surface area contributed by atoms with E-state index in [9.17, 15) is 0 Å². The highest BCUT2D eigenvalue weighted by atomic mass is 16.3. The first-order valence-corrected chi connectivity index (χ1v) is 5.74. The van der Waals surface area contributed by atoms with E-state index in [0.29, 0.717) is 6.54 Å². The van der Waals surface area contributed by atoms with E-state index in [4.69, 9.17) is 5.11 Å². The number of hydrogen-bond donors (Lipinski definition) is 1. The normalized spacial score (nSPS) is 11.3. The molecule has 0 fully saturated rings. The molecule has 0 spiro atoms. The Bertz CT molecular complexity index is 537. The number of aromatic nitrogens is 1. The second-order valence-electron chi connectivity index (χ2n) is 4.51. The molecule has 1 aromatic heterocycles. The lowest BCUT2D eigenvalue weighted by molar-refractivity contribution is 0.277. The van der Waals surface area contributed by atoms with Crippen LogP contribution >= 0.6 is 0 Å². The third kappa shape index (κ3) is 1.45. The largest absolute Gasteiger partial charge is 0.395 e. The molecule has 0 amide bonds. The lowest BCUT2D eigenvalue weighted by atomic mass is 10.0. The standard InChI is InChI=1S/C14H19NO/c1-9-5-6-10(2)14-13(9)11(3)12(4)15(14)7-8-16/h5-6,16H,7-8H2,1-4H3. The summed E-state index contributed by atoms with van der Waals surface area (Å²) in [6.45, 7) is 9.45. The summed E-state index contributed by atoms with van der Waals surface area (Å²) in [7, 11) is 0. The van der Waals surface area contributed by atoms with Gasteiger partial charge in [0.15, 0.2) is 0 Å². The summed E-state index contributed by atoms with van der Waals surface area (Å²) < 4.78 is 2.23. The van der Waals surface area contributed by atoms with Gasteiger partial charge in [-0.25, -0.2) is 0 Å². The smallest absolute Gasteiger partial charge is 0.0610 e. The van der Waals surface area contributed by atoms with Crippen LogP contribution in [0, 0.1) is 27.7 Å². The third-order valence-electron chi connectivity index (χ3n) is 3.50. The predicted molar refractivity (Wildman–Crippen MR) is 68.0 cm³/mol. The van der Waals surface area contributed by atoms with Crippen molar-refractivity contribution in [2.24, 2.45) is 0 Å². The van der Waals surface area contributed by atoms with E-state index in [-0.39, 0.29) is 6.61 Å². The molecule has 0 aliphatic rings. The van der Waals surface area contributed by atoms with Gasteiger partial charge in [-0.3, -0.25) is 0 Å². The van der Waals surface area contributed by atoms with Gasteiger partial charge >= 0.3 is 0 Å². The zero-order chi connectivity index (χ0) is 11.9. The number of nitrogens with zero attached hydrogens (tertiary/aromatic N) is 1. The van der Waals surface area contributed by atoms with Crippen molar-refractivity contribution < 1.29 is 5.11 Å². The molecule has 1 aromatic carbocycles. The summed E-state index contributed by atoms with van der Waals surface area (Å²) in [6, 6.07) is 4.33. The molecule has 86 valence electrons. The van der Waals surface area contributed by atoms with Crippen LogP contribution in [0.5, 0.6) is 0 Å². The number of aliphatic hydroxyl groups is 1. The average molecular weight is 217 g/mol. The minimum absolute atomic E-state index is 0.192. The summed E-state index contributed by atoms with van der Waals surface area (Å²) >= 11 is 0. The first-order valence-electron chi connectivity index (χ1n) is 5.74. The van der Waals surface area contributed by atoms with Crippen molar-refractivity contribution in [1.82, 2.24) is 4.57 Å².